The molecule has 0 aliphatic carbocycles. The molecule has 0 aliphatic rings. The zero-order valence-corrected chi connectivity index (χ0v) is 9.11. The monoisotopic (exact) mass is 279 g/mol. The maximum Gasteiger partial charge on any atom is 0.331 e. The van der Waals surface area contributed by atoms with Gasteiger partial charge in [0.15, 0.2) is 0 Å². The number of rotatable bonds is 2. The molecule has 13 heavy (non-hydrogen) atoms. The Morgan fingerprint density at radius 3 is 2.00 bits per heavy atom. The molecule has 0 aromatic rings. The molecule has 5 heteroatoms. The first-order chi connectivity index (χ1) is 5.31. The average Bonchev–Trinajstić information content (AvgIpc) is 1.79. The van der Waals surface area contributed by atoms with E-state index in [0.29, 0.717) is 0 Å². The first-order valence-corrected chi connectivity index (χ1v) is 3.45. The van der Waals surface area contributed by atoms with Crippen LogP contribution >= 0.6 is 0 Å². The number of hydrogen-bond acceptors (Lipinski definition) is 3. The van der Waals surface area contributed by atoms with Crippen LogP contribution in [-0.2, 0) is 36.7 Å². The third kappa shape index (κ3) is 11.4. The Balaban J connectivity index is 0. The van der Waals surface area contributed by atoms with Gasteiger partial charge in [-0.05, 0) is 20.8 Å². The number of hydrogen-bond donors (Lipinski definition) is 1. The first-order valence-electron chi connectivity index (χ1n) is 3.45. The number of carboxylic acids is 1. The predicted octanol–water partition coefficient (Wildman–Crippen LogP) is 0.966. The summed E-state index contributed by atoms with van der Waals surface area (Å²) in [6.07, 6.45) is 1.63. The summed E-state index contributed by atoms with van der Waals surface area (Å²) in [5, 5.41) is 8.17. The molecule has 0 atom stereocenters. The van der Waals surface area contributed by atoms with Crippen molar-refractivity contribution in [2.75, 3.05) is 0 Å². The van der Waals surface area contributed by atoms with Gasteiger partial charge in [0, 0.05) is 34.5 Å². The maximum atomic E-state index is 10.8. The Kier molecular flexibility index (Phi) is 6.84. The van der Waals surface area contributed by atoms with E-state index in [1.54, 1.807) is 20.8 Å². The van der Waals surface area contributed by atoms with Crippen molar-refractivity contribution in [3.8, 4) is 0 Å². The van der Waals surface area contributed by atoms with E-state index in [1.165, 1.54) is 0 Å². The Labute approximate surface area is 92.5 Å². The number of carbonyl (C=O) groups excluding carboxylic acids is 1. The molecule has 1 N–H and O–H groups in total. The second-order valence-electron chi connectivity index (χ2n) is 3.21. The summed E-state index contributed by atoms with van der Waals surface area (Å²) >= 11 is 0. The third-order valence-corrected chi connectivity index (χ3v) is 0.769. The molecule has 0 unspecified atom stereocenters. The normalized spacial score (nSPS) is 10.7. The van der Waals surface area contributed by atoms with Crippen LogP contribution in [0, 0.1) is 0 Å². The second-order valence-corrected chi connectivity index (χ2v) is 3.21. The van der Waals surface area contributed by atoms with Crippen LogP contribution in [0.2, 0.25) is 0 Å². The molecule has 0 aromatic carbocycles. The van der Waals surface area contributed by atoms with E-state index < -0.39 is 17.5 Å². The van der Waals surface area contributed by atoms with E-state index in [4.69, 9.17) is 9.84 Å². The van der Waals surface area contributed by atoms with Crippen molar-refractivity contribution >= 4 is 11.9 Å². The minimum absolute atomic E-state index is 0. The topological polar surface area (TPSA) is 63.6 Å². The average molecular weight is 280 g/mol. The van der Waals surface area contributed by atoms with E-state index in [2.05, 4.69) is 0 Å². The van der Waals surface area contributed by atoms with Gasteiger partial charge in [0.25, 0.3) is 0 Å². The summed E-state index contributed by atoms with van der Waals surface area (Å²) in [7, 11) is 0. The molecular formula is C8H12AgO4. The minimum Gasteiger partial charge on any atom is -0.478 e. The van der Waals surface area contributed by atoms with Crippen LogP contribution in [0.25, 0.3) is 0 Å². The minimum atomic E-state index is -1.17. The first kappa shape index (κ1) is 14.9. The van der Waals surface area contributed by atoms with Gasteiger partial charge in [0.1, 0.15) is 5.60 Å². The van der Waals surface area contributed by atoms with E-state index in [0.717, 1.165) is 12.2 Å². The predicted molar refractivity (Wildman–Crippen MR) is 42.6 cm³/mol. The Morgan fingerprint density at radius 1 is 1.23 bits per heavy atom. The molecule has 0 rings (SSSR count). The van der Waals surface area contributed by atoms with Gasteiger partial charge < -0.3 is 9.84 Å². The SMILES string of the molecule is CC(C)(C)OC(=O)/C=C/C(=O)O.[Ag]. The number of esters is 1. The molecule has 0 fully saturated rings. The van der Waals surface area contributed by atoms with E-state index >= 15 is 0 Å². The second kappa shape index (κ2) is 5.96. The van der Waals surface area contributed by atoms with Gasteiger partial charge in [0.2, 0.25) is 0 Å². The van der Waals surface area contributed by atoms with Crippen LogP contribution in [0.4, 0.5) is 0 Å². The van der Waals surface area contributed by atoms with E-state index in [1.807, 2.05) is 0 Å². The summed E-state index contributed by atoms with van der Waals surface area (Å²) < 4.78 is 4.80. The number of carboxylic acid groups (broad SMARTS) is 1. The van der Waals surface area contributed by atoms with E-state index in [-0.39, 0.29) is 22.4 Å². The van der Waals surface area contributed by atoms with Crippen molar-refractivity contribution in [2.45, 2.75) is 26.4 Å². The number of aliphatic carboxylic acids is 1. The fourth-order valence-corrected chi connectivity index (χ4v) is 0.475. The van der Waals surface area contributed by atoms with Crippen LogP contribution in [0.15, 0.2) is 12.2 Å². The van der Waals surface area contributed by atoms with Crippen LogP contribution in [0.5, 0.6) is 0 Å². The molecule has 0 heterocycles. The van der Waals surface area contributed by atoms with Gasteiger partial charge in [-0.2, -0.15) is 0 Å². The van der Waals surface area contributed by atoms with Crippen LogP contribution in [0.3, 0.4) is 0 Å². The van der Waals surface area contributed by atoms with Gasteiger partial charge in [-0.15, -0.1) is 0 Å². The zero-order valence-electron chi connectivity index (χ0n) is 7.63. The van der Waals surface area contributed by atoms with Crippen LogP contribution in [-0.4, -0.2) is 22.6 Å². The van der Waals surface area contributed by atoms with Gasteiger partial charge in [-0.1, -0.05) is 0 Å². The maximum absolute atomic E-state index is 10.8. The van der Waals surface area contributed by atoms with Crippen molar-refractivity contribution in [1.29, 1.82) is 0 Å². The summed E-state index contributed by atoms with van der Waals surface area (Å²) in [6, 6.07) is 0. The molecule has 0 amide bonds. The van der Waals surface area contributed by atoms with Gasteiger partial charge in [-0.3, -0.25) is 0 Å². The van der Waals surface area contributed by atoms with Crippen LogP contribution in [0.1, 0.15) is 20.8 Å². The molecule has 0 aliphatic heterocycles. The standard InChI is InChI=1S/C8H12O4.Ag/c1-8(2,3)12-7(11)5-4-6(9)10;/h4-5H,1-3H3,(H,9,10);/b5-4+;. The molecule has 0 aromatic heterocycles. The molecule has 4 nitrogen and oxygen atoms in total. The van der Waals surface area contributed by atoms with Crippen LogP contribution < -0.4 is 0 Å². The summed E-state index contributed by atoms with van der Waals surface area (Å²) in [5.41, 5.74) is -0.583. The molecule has 0 bridgehead atoms. The zero-order chi connectivity index (χ0) is 9.78. The smallest absolute Gasteiger partial charge is 0.331 e. The van der Waals surface area contributed by atoms with Crippen molar-refractivity contribution < 1.29 is 41.8 Å². The largest absolute Gasteiger partial charge is 0.478 e. The molecular weight excluding hydrogens is 268 g/mol. The number of carbonyl (C=O) groups is 2. The fraction of sp³-hybridized carbons (Fsp3) is 0.500. The van der Waals surface area contributed by atoms with Crippen molar-refractivity contribution in [2.24, 2.45) is 0 Å². The van der Waals surface area contributed by atoms with Crippen molar-refractivity contribution in [3.05, 3.63) is 12.2 Å². The summed E-state index contributed by atoms with van der Waals surface area (Å²) in [6.45, 7) is 5.12. The van der Waals surface area contributed by atoms with Crippen molar-refractivity contribution in [3.63, 3.8) is 0 Å². The third-order valence-electron chi connectivity index (χ3n) is 0.769. The van der Waals surface area contributed by atoms with Gasteiger partial charge in [-0.25, -0.2) is 9.59 Å². The molecule has 0 saturated carbocycles. The molecule has 79 valence electrons. The Morgan fingerprint density at radius 2 is 1.69 bits per heavy atom. The van der Waals surface area contributed by atoms with Gasteiger partial charge in [0.05, 0.1) is 0 Å². The summed E-state index contributed by atoms with van der Waals surface area (Å²) in [4.78, 5) is 20.8. The fourth-order valence-electron chi connectivity index (χ4n) is 0.475. The quantitative estimate of drug-likeness (QED) is 0.465. The van der Waals surface area contributed by atoms with Gasteiger partial charge >= 0.3 is 11.9 Å². The van der Waals surface area contributed by atoms with Crippen molar-refractivity contribution in [1.82, 2.24) is 0 Å². The Hall–Kier alpha value is -0.580. The molecule has 0 spiro atoms. The molecule has 0 saturated heterocycles. The Bertz CT molecular complexity index is 215. The molecule has 1 radical (unpaired) electrons. The summed E-state index contributed by atoms with van der Waals surface area (Å²) in [5.74, 6) is -1.81. The van der Waals surface area contributed by atoms with E-state index in [9.17, 15) is 9.59 Å². The number of ether oxygens (including phenoxy) is 1.